The van der Waals surface area contributed by atoms with Crippen LogP contribution in [0, 0.1) is 12.3 Å². The van der Waals surface area contributed by atoms with E-state index in [0.717, 1.165) is 16.9 Å². The minimum Gasteiger partial charge on any atom is -0.477 e. The van der Waals surface area contributed by atoms with Crippen LogP contribution in [0.2, 0.25) is 0 Å². The van der Waals surface area contributed by atoms with Crippen molar-refractivity contribution in [2.75, 3.05) is 6.61 Å². The van der Waals surface area contributed by atoms with E-state index in [1.807, 2.05) is 44.2 Å². The third-order valence-corrected chi connectivity index (χ3v) is 5.24. The van der Waals surface area contributed by atoms with Crippen LogP contribution >= 0.6 is 11.3 Å². The van der Waals surface area contributed by atoms with Crippen LogP contribution < -0.4 is 5.32 Å². The molecule has 0 saturated carbocycles. The maximum atomic E-state index is 12.6. The molecule has 0 radical (unpaired) electrons. The molecule has 0 aliphatic heterocycles. The predicted molar refractivity (Wildman–Crippen MR) is 100 cm³/mol. The molecule has 0 fully saturated rings. The van der Waals surface area contributed by atoms with Crippen LogP contribution in [0.1, 0.15) is 52.7 Å². The molecule has 6 nitrogen and oxygen atoms in total. The second kappa shape index (κ2) is 8.42. The van der Waals surface area contributed by atoms with Crippen molar-refractivity contribution in [3.8, 4) is 0 Å². The summed E-state index contributed by atoms with van der Waals surface area (Å²) in [5.74, 6) is -1.16. The van der Waals surface area contributed by atoms with E-state index in [-0.39, 0.29) is 23.4 Å². The van der Waals surface area contributed by atoms with Gasteiger partial charge in [0.2, 0.25) is 5.91 Å². The zero-order chi connectivity index (χ0) is 19.3. The summed E-state index contributed by atoms with van der Waals surface area (Å²) in [5.41, 5.74) is 0.797. The summed E-state index contributed by atoms with van der Waals surface area (Å²) >= 11 is 1.09. The van der Waals surface area contributed by atoms with Gasteiger partial charge in [-0.25, -0.2) is 9.78 Å². The monoisotopic (exact) mass is 376 g/mol. The van der Waals surface area contributed by atoms with Crippen molar-refractivity contribution in [1.29, 1.82) is 0 Å². The second-order valence-corrected chi connectivity index (χ2v) is 7.86. The molecule has 140 valence electrons. The van der Waals surface area contributed by atoms with Gasteiger partial charge in [-0.1, -0.05) is 30.3 Å². The van der Waals surface area contributed by atoms with Crippen molar-refractivity contribution in [1.82, 2.24) is 10.3 Å². The Labute approximate surface area is 157 Å². The fourth-order valence-electron chi connectivity index (χ4n) is 2.32. The van der Waals surface area contributed by atoms with Crippen LogP contribution in [0.15, 0.2) is 30.3 Å². The highest BCUT2D eigenvalue weighted by Crippen LogP contribution is 2.25. The Hall–Kier alpha value is -2.25. The normalized spacial score (nSPS) is 12.6. The predicted octanol–water partition coefficient (Wildman–Crippen LogP) is 3.57. The van der Waals surface area contributed by atoms with Crippen molar-refractivity contribution in [2.45, 2.75) is 40.3 Å². The van der Waals surface area contributed by atoms with E-state index in [1.165, 1.54) is 0 Å². The number of aromatic carboxylic acids is 1. The van der Waals surface area contributed by atoms with Gasteiger partial charge >= 0.3 is 5.97 Å². The lowest BCUT2D eigenvalue weighted by Gasteiger charge is -2.25. The third-order valence-electron chi connectivity index (χ3n) is 3.91. The van der Waals surface area contributed by atoms with Crippen molar-refractivity contribution in [3.05, 3.63) is 51.5 Å². The largest absolute Gasteiger partial charge is 0.477 e. The lowest BCUT2D eigenvalue weighted by atomic mass is 9.93. The minimum absolute atomic E-state index is 0.164. The first-order valence-electron chi connectivity index (χ1n) is 8.34. The van der Waals surface area contributed by atoms with Gasteiger partial charge in [0, 0.05) is 0 Å². The number of amides is 1. The number of thiazole rings is 1. The van der Waals surface area contributed by atoms with Crippen molar-refractivity contribution >= 4 is 23.2 Å². The number of nitrogens with zero attached hydrogens (tertiary/aromatic N) is 1. The highest BCUT2D eigenvalue weighted by atomic mass is 32.1. The number of benzene rings is 1. The molecule has 7 heteroatoms. The number of hydrogen-bond acceptors (Lipinski definition) is 5. The Morgan fingerprint density at radius 2 is 1.96 bits per heavy atom. The summed E-state index contributed by atoms with van der Waals surface area (Å²) in [7, 11) is 0. The van der Waals surface area contributed by atoms with Gasteiger partial charge in [-0.15, -0.1) is 11.3 Å². The Morgan fingerprint density at radius 1 is 1.31 bits per heavy atom. The van der Waals surface area contributed by atoms with Crippen LogP contribution in [-0.2, 0) is 16.1 Å². The Morgan fingerprint density at radius 3 is 2.54 bits per heavy atom. The zero-order valence-electron chi connectivity index (χ0n) is 15.4. The SMILES string of the molecule is Cc1nc(C(C)NC(=O)C(C)(C)COCc2ccccc2)sc1C(=O)O. The zero-order valence-corrected chi connectivity index (χ0v) is 16.2. The fourth-order valence-corrected chi connectivity index (χ4v) is 3.23. The molecule has 1 unspecified atom stereocenters. The molecule has 1 heterocycles. The number of rotatable bonds is 8. The quantitative estimate of drug-likeness (QED) is 0.735. The number of nitrogens with one attached hydrogen (secondary N) is 1. The van der Waals surface area contributed by atoms with E-state index < -0.39 is 11.4 Å². The molecule has 2 aromatic rings. The molecule has 26 heavy (non-hydrogen) atoms. The third kappa shape index (κ3) is 5.12. The number of carboxylic acids is 1. The van der Waals surface area contributed by atoms with E-state index in [1.54, 1.807) is 13.8 Å². The summed E-state index contributed by atoms with van der Waals surface area (Å²) in [5, 5.41) is 12.6. The molecule has 1 atom stereocenters. The van der Waals surface area contributed by atoms with Crippen LogP contribution in [0.25, 0.3) is 0 Å². The molecule has 0 bridgehead atoms. The molecule has 2 N–H and O–H groups in total. The lowest BCUT2D eigenvalue weighted by Crippen LogP contribution is -2.41. The van der Waals surface area contributed by atoms with Crippen LogP contribution in [0.3, 0.4) is 0 Å². The van der Waals surface area contributed by atoms with E-state index in [9.17, 15) is 9.59 Å². The van der Waals surface area contributed by atoms with E-state index >= 15 is 0 Å². The minimum atomic E-state index is -1.00. The number of hydrogen-bond donors (Lipinski definition) is 2. The molecule has 1 aromatic heterocycles. The van der Waals surface area contributed by atoms with E-state index in [4.69, 9.17) is 9.84 Å². The second-order valence-electron chi connectivity index (χ2n) is 6.83. The maximum Gasteiger partial charge on any atom is 0.347 e. The molecule has 1 aromatic carbocycles. The van der Waals surface area contributed by atoms with E-state index in [0.29, 0.717) is 17.3 Å². The van der Waals surface area contributed by atoms with Gasteiger partial charge in [0.25, 0.3) is 0 Å². The Balaban J connectivity index is 1.92. The molecule has 0 aliphatic carbocycles. The number of carbonyl (C=O) groups is 2. The Bertz CT molecular complexity index is 771. The molecule has 0 saturated heterocycles. The average molecular weight is 376 g/mol. The van der Waals surface area contributed by atoms with Crippen LogP contribution in [-0.4, -0.2) is 28.6 Å². The van der Waals surface area contributed by atoms with Gasteiger partial charge in [-0.3, -0.25) is 4.79 Å². The van der Waals surface area contributed by atoms with Gasteiger partial charge < -0.3 is 15.2 Å². The number of ether oxygens (including phenoxy) is 1. The number of aromatic nitrogens is 1. The first kappa shape index (κ1) is 20.1. The number of aryl methyl sites for hydroxylation is 1. The summed E-state index contributed by atoms with van der Waals surface area (Å²) < 4.78 is 5.70. The molecule has 0 aliphatic rings. The lowest BCUT2D eigenvalue weighted by molar-refractivity contribution is -0.133. The maximum absolute atomic E-state index is 12.6. The summed E-state index contributed by atoms with van der Waals surface area (Å²) in [6.45, 7) is 7.80. The molecule has 1 amide bonds. The number of carboxylic acid groups (broad SMARTS) is 1. The van der Waals surface area contributed by atoms with Gasteiger partial charge in [0.1, 0.15) is 9.88 Å². The summed E-state index contributed by atoms with van der Waals surface area (Å²) in [4.78, 5) is 28.2. The highest BCUT2D eigenvalue weighted by Gasteiger charge is 2.30. The van der Waals surface area contributed by atoms with Crippen LogP contribution in [0.5, 0.6) is 0 Å². The van der Waals surface area contributed by atoms with E-state index in [2.05, 4.69) is 10.3 Å². The van der Waals surface area contributed by atoms with Gasteiger partial charge in [-0.05, 0) is 33.3 Å². The number of carbonyl (C=O) groups excluding carboxylic acids is 1. The van der Waals surface area contributed by atoms with Gasteiger partial charge in [0.15, 0.2) is 0 Å². The summed E-state index contributed by atoms with van der Waals surface area (Å²) in [6, 6.07) is 9.41. The standard InChI is InChI=1S/C19H24N2O4S/c1-12-15(17(22)23)26-16(20-12)13(2)21-18(24)19(3,4)11-25-10-14-8-6-5-7-9-14/h5-9,13H,10-11H2,1-4H3,(H,21,24)(H,22,23). The topological polar surface area (TPSA) is 88.5 Å². The molecule has 2 rings (SSSR count). The van der Waals surface area contributed by atoms with Gasteiger partial charge in [0.05, 0.1) is 30.4 Å². The average Bonchev–Trinajstić information content (AvgIpc) is 2.98. The van der Waals surface area contributed by atoms with Gasteiger partial charge in [-0.2, -0.15) is 0 Å². The molecular formula is C19H24N2O4S. The highest BCUT2D eigenvalue weighted by molar-refractivity contribution is 7.13. The van der Waals surface area contributed by atoms with Crippen LogP contribution in [0.4, 0.5) is 0 Å². The summed E-state index contributed by atoms with van der Waals surface area (Å²) in [6.07, 6.45) is 0. The molecular weight excluding hydrogens is 352 g/mol. The van der Waals surface area contributed by atoms with Crippen molar-refractivity contribution < 1.29 is 19.4 Å². The first-order chi connectivity index (χ1) is 12.2. The fraction of sp³-hybridized carbons (Fsp3) is 0.421. The molecule has 0 spiro atoms. The first-order valence-corrected chi connectivity index (χ1v) is 9.15. The smallest absolute Gasteiger partial charge is 0.347 e. The van der Waals surface area contributed by atoms with Crippen molar-refractivity contribution in [2.24, 2.45) is 5.41 Å². The Kier molecular flexibility index (Phi) is 6.50. The van der Waals surface area contributed by atoms with Crippen molar-refractivity contribution in [3.63, 3.8) is 0 Å².